The van der Waals surface area contributed by atoms with Crippen LogP contribution in [0.25, 0.3) is 0 Å². The van der Waals surface area contributed by atoms with Gasteiger partial charge in [0.15, 0.2) is 0 Å². The van der Waals surface area contributed by atoms with Crippen molar-refractivity contribution in [3.8, 4) is 0 Å². The van der Waals surface area contributed by atoms with E-state index in [2.05, 4.69) is 0 Å². The Morgan fingerprint density at radius 3 is 1.87 bits per heavy atom. The highest BCUT2D eigenvalue weighted by atomic mass is 16.3. The van der Waals surface area contributed by atoms with Gasteiger partial charge < -0.3 is 5.11 Å². The topological polar surface area (TPSA) is 20.2 Å². The quantitative estimate of drug-likeness (QED) is 0.642. The first-order chi connectivity index (χ1) is 7.33. The normalized spacial score (nSPS) is 73.0. The van der Waals surface area contributed by atoms with Gasteiger partial charge in [0.1, 0.15) is 0 Å². The van der Waals surface area contributed by atoms with Crippen LogP contribution in [0.3, 0.4) is 0 Å². The lowest BCUT2D eigenvalue weighted by Crippen LogP contribution is -2.66. The molecule has 8 bridgehead atoms. The molecule has 1 heteroatoms. The van der Waals surface area contributed by atoms with Crippen molar-refractivity contribution < 1.29 is 5.11 Å². The molecule has 0 aliphatic heterocycles. The molecule has 7 rings (SSSR count). The molecule has 7 fully saturated rings. The van der Waals surface area contributed by atoms with Gasteiger partial charge in [0, 0.05) is 0 Å². The fourth-order valence-electron chi connectivity index (χ4n) is 6.89. The summed E-state index contributed by atoms with van der Waals surface area (Å²) in [7, 11) is 0. The van der Waals surface area contributed by atoms with E-state index in [9.17, 15) is 5.11 Å². The highest BCUT2D eigenvalue weighted by Gasteiger charge is 2.66. The van der Waals surface area contributed by atoms with Crippen LogP contribution in [0.5, 0.6) is 0 Å². The Balaban J connectivity index is 1.69. The maximum atomic E-state index is 10.4. The Labute approximate surface area is 91.2 Å². The summed E-state index contributed by atoms with van der Waals surface area (Å²) in [5.41, 5.74) is 0. The van der Waals surface area contributed by atoms with E-state index in [1.165, 1.54) is 25.7 Å². The minimum atomic E-state index is 0.104. The Bertz CT molecular complexity index is 301. The van der Waals surface area contributed by atoms with E-state index in [1.54, 1.807) is 6.42 Å². The van der Waals surface area contributed by atoms with Gasteiger partial charge in [-0.3, -0.25) is 0 Å². The molecule has 0 spiro atoms. The van der Waals surface area contributed by atoms with E-state index >= 15 is 0 Å². The molecule has 7 aliphatic rings. The first kappa shape index (κ1) is 8.11. The zero-order chi connectivity index (χ0) is 9.73. The second-order valence-electron chi connectivity index (χ2n) is 7.19. The molecule has 0 aromatic carbocycles. The van der Waals surface area contributed by atoms with Gasteiger partial charge >= 0.3 is 0 Å². The Morgan fingerprint density at radius 2 is 1.20 bits per heavy atom. The lowest BCUT2D eigenvalue weighted by Gasteiger charge is -2.70. The monoisotopic (exact) mass is 204 g/mol. The molecule has 0 saturated heterocycles. The molecule has 0 radical (unpaired) electrons. The molecule has 0 amide bonds. The lowest BCUT2D eigenvalue weighted by molar-refractivity contribution is -0.247. The van der Waals surface area contributed by atoms with E-state index in [0.717, 1.165) is 41.4 Å². The average Bonchev–Trinajstić information content (AvgIpc) is 2.26. The number of rotatable bonds is 0. The molecule has 0 aromatic heterocycles. The van der Waals surface area contributed by atoms with Crippen LogP contribution in [-0.4, -0.2) is 11.2 Å². The second kappa shape index (κ2) is 2.30. The summed E-state index contributed by atoms with van der Waals surface area (Å²) >= 11 is 0. The van der Waals surface area contributed by atoms with Crippen molar-refractivity contribution in [1.29, 1.82) is 0 Å². The summed E-state index contributed by atoms with van der Waals surface area (Å²) in [6.45, 7) is 0. The van der Waals surface area contributed by atoms with Gasteiger partial charge in [0.05, 0.1) is 6.10 Å². The summed E-state index contributed by atoms with van der Waals surface area (Å²) in [6, 6.07) is 0. The van der Waals surface area contributed by atoms with Gasteiger partial charge in [0.2, 0.25) is 0 Å². The molecule has 1 N–H and O–H groups in total. The van der Waals surface area contributed by atoms with Crippen LogP contribution in [-0.2, 0) is 0 Å². The number of hydrogen-bond acceptors (Lipinski definition) is 1. The summed E-state index contributed by atoms with van der Waals surface area (Å²) in [5, 5.41) is 10.4. The van der Waals surface area contributed by atoms with Gasteiger partial charge in [0.25, 0.3) is 0 Å². The fraction of sp³-hybridized carbons (Fsp3) is 1.00. The molecular weight excluding hydrogens is 184 g/mol. The minimum Gasteiger partial charge on any atom is -0.393 e. The SMILES string of the molecule is OC1C2CC3C4CC5CC3C1C(C5)C4C2. The fourth-order valence-corrected chi connectivity index (χ4v) is 6.89. The first-order valence-corrected chi connectivity index (χ1v) is 7.01. The minimum absolute atomic E-state index is 0.104. The Kier molecular flexibility index (Phi) is 1.24. The largest absolute Gasteiger partial charge is 0.393 e. The van der Waals surface area contributed by atoms with Crippen molar-refractivity contribution in [3.05, 3.63) is 0 Å². The Morgan fingerprint density at radius 1 is 0.667 bits per heavy atom. The molecule has 15 heavy (non-hydrogen) atoms. The molecule has 0 heterocycles. The number of aliphatic hydroxyl groups is 1. The van der Waals surface area contributed by atoms with Gasteiger partial charge in [-0.1, -0.05) is 0 Å². The summed E-state index contributed by atoms with van der Waals surface area (Å²) < 4.78 is 0. The molecule has 7 aliphatic carbocycles. The van der Waals surface area contributed by atoms with E-state index < -0.39 is 0 Å². The van der Waals surface area contributed by atoms with Gasteiger partial charge in [-0.25, -0.2) is 0 Å². The van der Waals surface area contributed by atoms with Crippen LogP contribution in [0.15, 0.2) is 0 Å². The van der Waals surface area contributed by atoms with Crippen molar-refractivity contribution >= 4 is 0 Å². The third kappa shape index (κ3) is 0.740. The third-order valence-corrected chi connectivity index (χ3v) is 7.03. The number of hydrogen-bond donors (Lipinski definition) is 1. The van der Waals surface area contributed by atoms with Crippen molar-refractivity contribution in [1.82, 2.24) is 0 Å². The van der Waals surface area contributed by atoms with E-state index in [1.807, 2.05) is 0 Å². The maximum Gasteiger partial charge on any atom is 0.0602 e. The molecular formula is C14H20O. The van der Waals surface area contributed by atoms with Gasteiger partial charge in [-0.05, 0) is 79.4 Å². The molecule has 7 saturated carbocycles. The lowest BCUT2D eigenvalue weighted by atomic mass is 9.35. The molecule has 5 atom stereocenters. The molecule has 5 unspecified atom stereocenters. The van der Waals surface area contributed by atoms with Crippen molar-refractivity contribution in [2.24, 2.45) is 47.3 Å². The molecule has 1 nitrogen and oxygen atoms in total. The van der Waals surface area contributed by atoms with Crippen LogP contribution in [0.4, 0.5) is 0 Å². The van der Waals surface area contributed by atoms with Gasteiger partial charge in [-0.15, -0.1) is 0 Å². The predicted molar refractivity (Wildman–Crippen MR) is 57.0 cm³/mol. The van der Waals surface area contributed by atoms with Crippen LogP contribution in [0.1, 0.15) is 32.1 Å². The van der Waals surface area contributed by atoms with Crippen LogP contribution in [0, 0.1) is 47.3 Å². The van der Waals surface area contributed by atoms with Crippen molar-refractivity contribution in [3.63, 3.8) is 0 Å². The zero-order valence-electron chi connectivity index (χ0n) is 9.18. The summed E-state index contributed by atoms with van der Waals surface area (Å²) in [4.78, 5) is 0. The van der Waals surface area contributed by atoms with Crippen LogP contribution < -0.4 is 0 Å². The maximum absolute atomic E-state index is 10.4. The van der Waals surface area contributed by atoms with E-state index in [-0.39, 0.29) is 6.10 Å². The zero-order valence-corrected chi connectivity index (χ0v) is 9.18. The Hall–Kier alpha value is -0.0400. The number of aliphatic hydroxyl groups excluding tert-OH is 1. The van der Waals surface area contributed by atoms with Crippen molar-refractivity contribution in [2.45, 2.75) is 38.2 Å². The molecule has 82 valence electrons. The third-order valence-electron chi connectivity index (χ3n) is 7.03. The highest BCUT2D eigenvalue weighted by molar-refractivity contribution is 5.14. The standard InChI is InChI=1S/C14H20O/c15-14-7-4-9-8-1-6-2-11(9)13(14)12(3-6)10(8)5-7/h6-15H,1-5H2. The summed E-state index contributed by atoms with van der Waals surface area (Å²) in [6.07, 6.45) is 7.43. The van der Waals surface area contributed by atoms with E-state index in [0.29, 0.717) is 5.92 Å². The smallest absolute Gasteiger partial charge is 0.0602 e. The first-order valence-electron chi connectivity index (χ1n) is 7.01. The van der Waals surface area contributed by atoms with Crippen molar-refractivity contribution in [2.75, 3.05) is 0 Å². The van der Waals surface area contributed by atoms with E-state index in [4.69, 9.17) is 0 Å². The highest BCUT2D eigenvalue weighted by Crippen LogP contribution is 2.71. The predicted octanol–water partition coefficient (Wildman–Crippen LogP) is 2.30. The average molecular weight is 204 g/mol. The summed E-state index contributed by atoms with van der Waals surface area (Å²) in [5.74, 6) is 7.64. The van der Waals surface area contributed by atoms with Crippen LogP contribution in [0.2, 0.25) is 0 Å². The second-order valence-corrected chi connectivity index (χ2v) is 7.19. The van der Waals surface area contributed by atoms with Crippen LogP contribution >= 0.6 is 0 Å². The molecule has 0 aromatic rings. The van der Waals surface area contributed by atoms with Gasteiger partial charge in [-0.2, -0.15) is 0 Å².